The highest BCUT2D eigenvalue weighted by atomic mass is 35.5. The van der Waals surface area contributed by atoms with Gasteiger partial charge >= 0.3 is 0 Å². The number of halogens is 1. The Labute approximate surface area is 86.2 Å². The van der Waals surface area contributed by atoms with E-state index in [1.54, 1.807) is 18.3 Å². The van der Waals surface area contributed by atoms with Crippen LogP contribution in [0.5, 0.6) is 0 Å². The molecule has 1 saturated heterocycles. The lowest BCUT2D eigenvalue weighted by Gasteiger charge is -2.23. The molecule has 2 rings (SSSR count). The van der Waals surface area contributed by atoms with Crippen molar-refractivity contribution >= 4 is 17.5 Å². The number of aromatic nitrogens is 1. The first-order chi connectivity index (χ1) is 6.77. The van der Waals surface area contributed by atoms with E-state index in [0.717, 1.165) is 0 Å². The predicted molar refractivity (Wildman–Crippen MR) is 50.9 cm³/mol. The third kappa shape index (κ3) is 1.86. The van der Waals surface area contributed by atoms with Crippen LogP contribution >= 0.6 is 11.6 Å². The van der Waals surface area contributed by atoms with Crippen LogP contribution in [0.2, 0.25) is 5.02 Å². The van der Waals surface area contributed by atoms with E-state index in [4.69, 9.17) is 16.3 Å². The summed E-state index contributed by atoms with van der Waals surface area (Å²) in [6.45, 7) is 0.531. The lowest BCUT2D eigenvalue weighted by Crippen LogP contribution is -2.40. The van der Waals surface area contributed by atoms with Crippen LogP contribution in [-0.2, 0) is 9.53 Å². The van der Waals surface area contributed by atoms with Gasteiger partial charge in [0.15, 0.2) is 0 Å². The van der Waals surface area contributed by atoms with Gasteiger partial charge in [0.25, 0.3) is 0 Å². The summed E-state index contributed by atoms with van der Waals surface area (Å²) in [6, 6.07) is 3.26. The van der Waals surface area contributed by atoms with E-state index in [-0.39, 0.29) is 18.6 Å². The summed E-state index contributed by atoms with van der Waals surface area (Å²) in [5.74, 6) is -0.136. The van der Waals surface area contributed by atoms with Gasteiger partial charge in [-0.05, 0) is 12.1 Å². The lowest BCUT2D eigenvalue weighted by molar-refractivity contribution is -0.131. The molecule has 1 aromatic heterocycles. The SMILES string of the molecule is O=C1COCC(c2ncccc2Cl)N1. The van der Waals surface area contributed by atoms with Crippen LogP contribution in [0.3, 0.4) is 0 Å². The van der Waals surface area contributed by atoms with E-state index in [0.29, 0.717) is 17.3 Å². The molecule has 1 aliphatic rings. The van der Waals surface area contributed by atoms with Gasteiger partial charge in [0.1, 0.15) is 6.61 Å². The molecule has 0 aromatic carbocycles. The Morgan fingerprint density at radius 3 is 3.21 bits per heavy atom. The minimum Gasteiger partial charge on any atom is -0.369 e. The molecule has 0 bridgehead atoms. The Balaban J connectivity index is 2.22. The number of amides is 1. The highest BCUT2D eigenvalue weighted by Gasteiger charge is 2.22. The quantitative estimate of drug-likeness (QED) is 0.753. The molecule has 74 valence electrons. The minimum absolute atomic E-state index is 0.112. The summed E-state index contributed by atoms with van der Waals surface area (Å²) >= 11 is 5.94. The zero-order valence-electron chi connectivity index (χ0n) is 7.37. The number of hydrogen-bond acceptors (Lipinski definition) is 3. The number of morpholine rings is 1. The van der Waals surface area contributed by atoms with E-state index >= 15 is 0 Å². The maximum absolute atomic E-state index is 11.1. The number of carbonyl (C=O) groups is 1. The van der Waals surface area contributed by atoms with Gasteiger partial charge in [0.2, 0.25) is 5.91 Å². The standard InChI is InChI=1S/C9H9ClN2O2/c10-6-2-1-3-11-9(6)7-4-14-5-8(13)12-7/h1-3,7H,4-5H2,(H,12,13). The molecular weight excluding hydrogens is 204 g/mol. The van der Waals surface area contributed by atoms with E-state index < -0.39 is 0 Å². The average Bonchev–Trinajstić information content (AvgIpc) is 2.18. The lowest BCUT2D eigenvalue weighted by atomic mass is 10.2. The normalized spacial score (nSPS) is 21.8. The Hall–Kier alpha value is -1.13. The number of ether oxygens (including phenoxy) is 1. The third-order valence-corrected chi connectivity index (χ3v) is 2.29. The number of carbonyl (C=O) groups excluding carboxylic acids is 1. The topological polar surface area (TPSA) is 51.2 Å². The zero-order chi connectivity index (χ0) is 9.97. The highest BCUT2D eigenvalue weighted by molar-refractivity contribution is 6.31. The summed E-state index contributed by atoms with van der Waals surface area (Å²) in [5, 5.41) is 3.31. The van der Waals surface area contributed by atoms with Crippen LogP contribution in [0.25, 0.3) is 0 Å². The molecule has 1 fully saturated rings. The molecule has 1 amide bonds. The molecule has 1 N–H and O–H groups in total. The van der Waals surface area contributed by atoms with E-state index in [2.05, 4.69) is 10.3 Å². The van der Waals surface area contributed by atoms with Gasteiger partial charge in [-0.3, -0.25) is 9.78 Å². The molecule has 1 unspecified atom stereocenters. The fraction of sp³-hybridized carbons (Fsp3) is 0.333. The number of nitrogens with one attached hydrogen (secondary N) is 1. The molecule has 14 heavy (non-hydrogen) atoms. The first-order valence-electron chi connectivity index (χ1n) is 4.25. The summed E-state index contributed by atoms with van der Waals surface area (Å²) in [7, 11) is 0. The predicted octanol–water partition coefficient (Wildman–Crippen LogP) is 0.922. The van der Waals surface area contributed by atoms with E-state index in [1.807, 2.05) is 0 Å². The molecule has 0 radical (unpaired) electrons. The van der Waals surface area contributed by atoms with Crippen molar-refractivity contribution in [3.63, 3.8) is 0 Å². The second-order valence-corrected chi connectivity index (χ2v) is 3.41. The summed E-state index contributed by atoms with van der Waals surface area (Å²) < 4.78 is 5.09. The van der Waals surface area contributed by atoms with Crippen LogP contribution < -0.4 is 5.32 Å². The van der Waals surface area contributed by atoms with Gasteiger partial charge in [-0.1, -0.05) is 11.6 Å². The number of pyridine rings is 1. The maximum Gasteiger partial charge on any atom is 0.246 e. The van der Waals surface area contributed by atoms with Gasteiger partial charge in [-0.25, -0.2) is 0 Å². The Bertz CT molecular complexity index is 356. The zero-order valence-corrected chi connectivity index (χ0v) is 8.12. The number of hydrogen-bond donors (Lipinski definition) is 1. The number of nitrogens with zero attached hydrogens (tertiary/aromatic N) is 1. The van der Waals surface area contributed by atoms with Crippen molar-refractivity contribution in [2.45, 2.75) is 6.04 Å². The number of rotatable bonds is 1. The summed E-state index contributed by atoms with van der Waals surface area (Å²) in [6.07, 6.45) is 1.64. The molecule has 0 aliphatic carbocycles. The Morgan fingerprint density at radius 2 is 2.50 bits per heavy atom. The molecular formula is C9H9ClN2O2. The molecule has 1 atom stereocenters. The van der Waals surface area contributed by atoms with Crippen LogP contribution in [0.4, 0.5) is 0 Å². The highest BCUT2D eigenvalue weighted by Crippen LogP contribution is 2.21. The summed E-state index contributed by atoms with van der Waals surface area (Å²) in [5.41, 5.74) is 0.655. The Morgan fingerprint density at radius 1 is 1.64 bits per heavy atom. The van der Waals surface area contributed by atoms with Gasteiger partial charge in [0, 0.05) is 6.20 Å². The van der Waals surface area contributed by atoms with Gasteiger partial charge < -0.3 is 10.1 Å². The van der Waals surface area contributed by atoms with Gasteiger partial charge in [-0.15, -0.1) is 0 Å². The van der Waals surface area contributed by atoms with Crippen molar-refractivity contribution < 1.29 is 9.53 Å². The van der Waals surface area contributed by atoms with E-state index in [1.165, 1.54) is 0 Å². The van der Waals surface area contributed by atoms with Crippen molar-refractivity contribution in [2.75, 3.05) is 13.2 Å². The van der Waals surface area contributed by atoms with E-state index in [9.17, 15) is 4.79 Å². The van der Waals surface area contributed by atoms with Crippen LogP contribution in [0.1, 0.15) is 11.7 Å². The van der Waals surface area contributed by atoms with Crippen molar-refractivity contribution in [3.05, 3.63) is 29.0 Å². The van der Waals surface area contributed by atoms with Crippen molar-refractivity contribution in [1.29, 1.82) is 0 Å². The first-order valence-corrected chi connectivity index (χ1v) is 4.62. The summed E-state index contributed by atoms with van der Waals surface area (Å²) in [4.78, 5) is 15.2. The van der Waals surface area contributed by atoms with Crippen molar-refractivity contribution in [3.8, 4) is 0 Å². The van der Waals surface area contributed by atoms with Crippen molar-refractivity contribution in [1.82, 2.24) is 10.3 Å². The molecule has 0 saturated carbocycles. The second-order valence-electron chi connectivity index (χ2n) is 3.01. The Kier molecular flexibility index (Phi) is 2.65. The molecule has 0 spiro atoms. The van der Waals surface area contributed by atoms with Gasteiger partial charge in [-0.2, -0.15) is 0 Å². The monoisotopic (exact) mass is 212 g/mol. The first kappa shape index (κ1) is 9.43. The second kappa shape index (κ2) is 3.94. The molecule has 5 heteroatoms. The molecule has 1 aromatic rings. The van der Waals surface area contributed by atoms with Crippen molar-refractivity contribution in [2.24, 2.45) is 0 Å². The van der Waals surface area contributed by atoms with Crippen LogP contribution in [0.15, 0.2) is 18.3 Å². The molecule has 2 heterocycles. The third-order valence-electron chi connectivity index (χ3n) is 1.97. The molecule has 1 aliphatic heterocycles. The van der Waals surface area contributed by atoms with Crippen LogP contribution in [-0.4, -0.2) is 24.1 Å². The maximum atomic E-state index is 11.1. The minimum atomic E-state index is -0.232. The largest absolute Gasteiger partial charge is 0.369 e. The van der Waals surface area contributed by atoms with Gasteiger partial charge in [0.05, 0.1) is 23.4 Å². The smallest absolute Gasteiger partial charge is 0.246 e. The fourth-order valence-electron chi connectivity index (χ4n) is 1.35. The van der Waals surface area contributed by atoms with Crippen LogP contribution in [0, 0.1) is 0 Å². The fourth-order valence-corrected chi connectivity index (χ4v) is 1.60. The average molecular weight is 213 g/mol. The molecule has 4 nitrogen and oxygen atoms in total.